The fraction of sp³-hybridized carbons (Fsp3) is 0.545. The third-order valence-electron chi connectivity index (χ3n) is 6.31. The third-order valence-corrected chi connectivity index (χ3v) is 6.31. The number of hydrogen-bond acceptors (Lipinski definition) is 2. The largest absolute Gasteiger partial charge is 0.338 e. The van der Waals surface area contributed by atoms with E-state index in [-0.39, 0.29) is 17.4 Å². The van der Waals surface area contributed by atoms with Gasteiger partial charge in [-0.25, -0.2) is 4.79 Å². The van der Waals surface area contributed by atoms with Gasteiger partial charge >= 0.3 is 6.03 Å². The van der Waals surface area contributed by atoms with Gasteiger partial charge in [-0.15, -0.1) is 0 Å². The summed E-state index contributed by atoms with van der Waals surface area (Å²) in [6, 6.07) is 10.4. The molecule has 0 saturated carbocycles. The van der Waals surface area contributed by atoms with Crippen LogP contribution in [0.3, 0.4) is 0 Å². The molecule has 0 aromatic heterocycles. The van der Waals surface area contributed by atoms with Crippen molar-refractivity contribution in [2.75, 3.05) is 39.3 Å². The van der Waals surface area contributed by atoms with Gasteiger partial charge in [-0.3, -0.25) is 4.79 Å². The first-order valence-corrected chi connectivity index (χ1v) is 10.2. The first-order chi connectivity index (χ1) is 13.2. The minimum absolute atomic E-state index is 0.0689. The average molecular weight is 367 g/mol. The van der Waals surface area contributed by atoms with Crippen molar-refractivity contribution >= 4 is 18.0 Å². The molecule has 3 saturated heterocycles. The highest BCUT2D eigenvalue weighted by Crippen LogP contribution is 2.41. The minimum atomic E-state index is 0.0689. The van der Waals surface area contributed by atoms with E-state index in [1.54, 1.807) is 0 Å². The Kier molecular flexibility index (Phi) is 5.19. The summed E-state index contributed by atoms with van der Waals surface area (Å²) in [5.74, 6) is 0.257. The molecule has 0 aliphatic carbocycles. The van der Waals surface area contributed by atoms with E-state index in [2.05, 4.69) is 24.3 Å². The Labute approximate surface area is 161 Å². The molecule has 0 radical (unpaired) electrons. The fourth-order valence-corrected chi connectivity index (χ4v) is 4.64. The molecule has 3 amide bonds. The lowest BCUT2D eigenvalue weighted by Gasteiger charge is -2.40. The second kappa shape index (κ2) is 7.75. The highest BCUT2D eigenvalue weighted by atomic mass is 16.2. The lowest BCUT2D eigenvalue weighted by Crippen LogP contribution is -2.48. The van der Waals surface area contributed by atoms with Crippen LogP contribution in [0.2, 0.25) is 0 Å². The normalized spacial score (nSPS) is 22.4. The van der Waals surface area contributed by atoms with Crippen LogP contribution in [-0.2, 0) is 4.79 Å². The van der Waals surface area contributed by atoms with E-state index in [4.69, 9.17) is 0 Å². The van der Waals surface area contributed by atoms with Gasteiger partial charge in [0.25, 0.3) is 0 Å². The van der Waals surface area contributed by atoms with Crippen molar-refractivity contribution < 1.29 is 9.59 Å². The Morgan fingerprint density at radius 2 is 1.67 bits per heavy atom. The summed E-state index contributed by atoms with van der Waals surface area (Å²) < 4.78 is 0. The van der Waals surface area contributed by atoms with Crippen LogP contribution in [-0.4, -0.2) is 65.9 Å². The number of amides is 3. The molecule has 144 valence electrons. The molecule has 5 heteroatoms. The smallest absolute Gasteiger partial charge is 0.319 e. The van der Waals surface area contributed by atoms with Crippen LogP contribution in [0.25, 0.3) is 6.08 Å². The molecular weight excluding hydrogens is 338 g/mol. The quantitative estimate of drug-likeness (QED) is 0.823. The van der Waals surface area contributed by atoms with Gasteiger partial charge in [0.2, 0.25) is 5.91 Å². The topological polar surface area (TPSA) is 43.9 Å². The van der Waals surface area contributed by atoms with Crippen LogP contribution in [0.4, 0.5) is 4.79 Å². The number of hydrogen-bond donors (Lipinski definition) is 0. The molecule has 0 N–H and O–H groups in total. The third kappa shape index (κ3) is 4.02. The molecule has 0 bridgehead atoms. The zero-order valence-corrected chi connectivity index (χ0v) is 16.0. The van der Waals surface area contributed by atoms with Crippen molar-refractivity contribution in [1.29, 1.82) is 0 Å². The summed E-state index contributed by atoms with van der Waals surface area (Å²) in [6.07, 6.45) is 8.94. The molecule has 3 aliphatic heterocycles. The van der Waals surface area contributed by atoms with Crippen LogP contribution < -0.4 is 0 Å². The van der Waals surface area contributed by atoms with Crippen LogP contribution in [0.1, 0.15) is 37.7 Å². The zero-order chi connectivity index (χ0) is 18.7. The van der Waals surface area contributed by atoms with Gasteiger partial charge in [0.1, 0.15) is 0 Å². The van der Waals surface area contributed by atoms with Gasteiger partial charge in [-0.2, -0.15) is 0 Å². The molecule has 3 heterocycles. The first-order valence-electron chi connectivity index (χ1n) is 10.2. The van der Waals surface area contributed by atoms with Gasteiger partial charge in [0, 0.05) is 51.1 Å². The van der Waals surface area contributed by atoms with Crippen molar-refractivity contribution in [1.82, 2.24) is 14.7 Å². The van der Waals surface area contributed by atoms with Crippen molar-refractivity contribution in [2.45, 2.75) is 32.1 Å². The number of likely N-dealkylation sites (tertiary alicyclic amines) is 3. The Morgan fingerprint density at radius 3 is 2.37 bits per heavy atom. The molecular formula is C22H29N3O2. The molecule has 4 rings (SSSR count). The highest BCUT2D eigenvalue weighted by molar-refractivity contribution is 5.80. The molecule has 1 aromatic rings. The summed E-state index contributed by atoms with van der Waals surface area (Å²) >= 11 is 0. The predicted octanol–water partition coefficient (Wildman–Crippen LogP) is 3.23. The van der Waals surface area contributed by atoms with Crippen molar-refractivity contribution in [2.24, 2.45) is 5.41 Å². The standard InChI is InChI=1S/C22H29N3O2/c26-20-17-22(18-25(20)14-6-9-19-7-2-1-3-8-19)10-15-24(16-11-22)21(27)23-12-4-5-13-23/h1-3,6-9H,4-5,10-18H2/b9-6+. The molecule has 0 atom stereocenters. The summed E-state index contributed by atoms with van der Waals surface area (Å²) in [4.78, 5) is 31.1. The second-order valence-electron chi connectivity index (χ2n) is 8.23. The van der Waals surface area contributed by atoms with Crippen molar-refractivity contribution in [3.05, 3.63) is 42.0 Å². The summed E-state index contributed by atoms with van der Waals surface area (Å²) in [5, 5.41) is 0. The number of piperidine rings is 1. The van der Waals surface area contributed by atoms with Gasteiger partial charge in [-0.1, -0.05) is 42.5 Å². The number of nitrogens with zero attached hydrogens (tertiary/aromatic N) is 3. The zero-order valence-electron chi connectivity index (χ0n) is 16.0. The van der Waals surface area contributed by atoms with Crippen molar-refractivity contribution in [3.8, 4) is 0 Å². The average Bonchev–Trinajstić information content (AvgIpc) is 3.32. The fourth-order valence-electron chi connectivity index (χ4n) is 4.64. The SMILES string of the molecule is O=C1CC2(CCN(C(=O)N3CCCC3)CC2)CN1C/C=C/c1ccccc1. The van der Waals surface area contributed by atoms with Crippen LogP contribution in [0.5, 0.6) is 0 Å². The molecule has 5 nitrogen and oxygen atoms in total. The maximum atomic E-state index is 12.6. The van der Waals surface area contributed by atoms with Crippen molar-refractivity contribution in [3.63, 3.8) is 0 Å². The van der Waals surface area contributed by atoms with E-state index in [0.29, 0.717) is 13.0 Å². The molecule has 27 heavy (non-hydrogen) atoms. The van der Waals surface area contributed by atoms with Crippen LogP contribution >= 0.6 is 0 Å². The first kappa shape index (κ1) is 18.1. The number of carbonyl (C=O) groups excluding carboxylic acids is 2. The number of urea groups is 1. The molecule has 1 aromatic carbocycles. The second-order valence-corrected chi connectivity index (χ2v) is 8.23. The van der Waals surface area contributed by atoms with E-state index < -0.39 is 0 Å². The monoisotopic (exact) mass is 367 g/mol. The molecule has 3 aliphatic rings. The van der Waals surface area contributed by atoms with Gasteiger partial charge in [0.15, 0.2) is 0 Å². The van der Waals surface area contributed by atoms with Gasteiger partial charge in [-0.05, 0) is 31.2 Å². The number of benzene rings is 1. The highest BCUT2D eigenvalue weighted by Gasteiger charge is 2.45. The van der Waals surface area contributed by atoms with E-state index in [0.717, 1.165) is 64.0 Å². The van der Waals surface area contributed by atoms with E-state index in [1.165, 1.54) is 0 Å². The molecule has 3 fully saturated rings. The van der Waals surface area contributed by atoms with E-state index in [1.807, 2.05) is 32.9 Å². The number of rotatable bonds is 3. The Bertz CT molecular complexity index is 702. The minimum Gasteiger partial charge on any atom is -0.338 e. The maximum Gasteiger partial charge on any atom is 0.319 e. The summed E-state index contributed by atoms with van der Waals surface area (Å²) in [7, 11) is 0. The lowest BCUT2D eigenvalue weighted by atomic mass is 9.77. The van der Waals surface area contributed by atoms with Gasteiger partial charge in [0.05, 0.1) is 0 Å². The maximum absolute atomic E-state index is 12.6. The van der Waals surface area contributed by atoms with Gasteiger partial charge < -0.3 is 14.7 Å². The van der Waals surface area contributed by atoms with E-state index in [9.17, 15) is 9.59 Å². The Morgan fingerprint density at radius 1 is 1.00 bits per heavy atom. The van der Waals surface area contributed by atoms with E-state index >= 15 is 0 Å². The molecule has 1 spiro atoms. The summed E-state index contributed by atoms with van der Waals surface area (Å²) in [5.41, 5.74) is 1.23. The predicted molar refractivity (Wildman–Crippen MR) is 106 cm³/mol. The summed E-state index contributed by atoms with van der Waals surface area (Å²) in [6.45, 7) is 4.89. The lowest BCUT2D eigenvalue weighted by molar-refractivity contribution is -0.127. The Hall–Kier alpha value is -2.30. The van der Waals surface area contributed by atoms with Crippen LogP contribution in [0.15, 0.2) is 36.4 Å². The number of carbonyl (C=O) groups is 2. The molecule has 0 unspecified atom stereocenters. The van der Waals surface area contributed by atoms with Crippen LogP contribution in [0, 0.1) is 5.41 Å². The Balaban J connectivity index is 1.30.